The van der Waals surface area contributed by atoms with E-state index in [4.69, 9.17) is 8.83 Å². The molecule has 4 aromatic rings. The Hall–Kier alpha value is -4.08. The summed E-state index contributed by atoms with van der Waals surface area (Å²) in [6, 6.07) is 2.20. The van der Waals surface area contributed by atoms with Crippen molar-refractivity contribution < 1.29 is 29.3 Å². The number of rotatable bonds is 3. The highest BCUT2D eigenvalue weighted by Gasteiger charge is 2.17. The third kappa shape index (κ3) is 2.76. The van der Waals surface area contributed by atoms with Crippen molar-refractivity contribution in [1.29, 1.82) is 0 Å². The minimum atomic E-state index is -0.661. The van der Waals surface area contributed by atoms with Gasteiger partial charge in [0.15, 0.2) is 0 Å². The summed E-state index contributed by atoms with van der Waals surface area (Å²) in [4.78, 5) is 31.9. The highest BCUT2D eigenvalue weighted by atomic mass is 16.3. The molecule has 0 aromatic carbocycles. The van der Waals surface area contributed by atoms with E-state index in [0.29, 0.717) is 0 Å². The Kier molecular flexibility index (Phi) is 3.88. The lowest BCUT2D eigenvalue weighted by Crippen LogP contribution is -2.14. The summed E-state index contributed by atoms with van der Waals surface area (Å²) in [6.07, 6.45) is 2.48. The lowest BCUT2D eigenvalue weighted by atomic mass is 10.0. The van der Waals surface area contributed by atoms with Crippen molar-refractivity contribution in [2.24, 2.45) is 0 Å². The molecule has 142 valence electrons. The van der Waals surface area contributed by atoms with Crippen LogP contribution in [0.5, 0.6) is 23.5 Å². The molecular weight excluding hydrogens is 372 g/mol. The second kappa shape index (κ2) is 6.27. The maximum atomic E-state index is 12.5. The molecule has 0 saturated carbocycles. The van der Waals surface area contributed by atoms with Gasteiger partial charge in [-0.1, -0.05) is 0 Å². The Labute approximate surface area is 154 Å². The highest BCUT2D eigenvalue weighted by Crippen LogP contribution is 2.25. The van der Waals surface area contributed by atoms with Crippen molar-refractivity contribution in [3.8, 4) is 23.5 Å². The minimum Gasteiger partial charge on any atom is -0.493 e. The Morgan fingerprint density at radius 3 is 1.50 bits per heavy atom. The molecule has 4 N–H and O–H groups in total. The molecule has 4 aromatic heterocycles. The Bertz CT molecular complexity index is 1250. The molecule has 0 bridgehead atoms. The van der Waals surface area contributed by atoms with Gasteiger partial charge in [-0.3, -0.25) is 9.59 Å². The first kappa shape index (κ1) is 17.3. The number of aromatic hydroxyl groups is 4. The summed E-state index contributed by atoms with van der Waals surface area (Å²) < 4.78 is 10.5. The molecule has 0 aliphatic carbocycles. The molecular formula is C18H12N2O8. The van der Waals surface area contributed by atoms with E-state index < -0.39 is 34.4 Å². The summed E-state index contributed by atoms with van der Waals surface area (Å²) in [7, 11) is 0. The van der Waals surface area contributed by atoms with Crippen LogP contribution in [-0.2, 0) is 12.8 Å². The van der Waals surface area contributed by atoms with E-state index in [9.17, 15) is 30.0 Å². The van der Waals surface area contributed by atoms with E-state index in [2.05, 4.69) is 9.97 Å². The SMILES string of the molecule is O=c1c(CCc2coc3cc(O)nc(O)c3c2=O)coc2cc(O)nc(O)c12. The second-order valence-electron chi connectivity index (χ2n) is 6.03. The number of fused-ring (bicyclic) bond motifs is 2. The average molecular weight is 384 g/mol. The van der Waals surface area contributed by atoms with Crippen molar-refractivity contribution in [3.63, 3.8) is 0 Å². The minimum absolute atomic E-state index is 0.0280. The number of hydrogen-bond acceptors (Lipinski definition) is 10. The van der Waals surface area contributed by atoms with Crippen LogP contribution in [0.25, 0.3) is 21.9 Å². The molecule has 0 atom stereocenters. The number of hydrogen-bond donors (Lipinski definition) is 4. The lowest BCUT2D eigenvalue weighted by molar-refractivity contribution is 0.414. The van der Waals surface area contributed by atoms with Gasteiger partial charge >= 0.3 is 0 Å². The molecule has 0 radical (unpaired) electrons. The van der Waals surface area contributed by atoms with E-state index in [1.165, 1.54) is 12.5 Å². The van der Waals surface area contributed by atoms with Gasteiger partial charge in [0, 0.05) is 23.3 Å². The highest BCUT2D eigenvalue weighted by molar-refractivity contribution is 5.83. The Morgan fingerprint density at radius 2 is 1.11 bits per heavy atom. The van der Waals surface area contributed by atoms with Gasteiger partial charge in [0.1, 0.15) is 21.9 Å². The van der Waals surface area contributed by atoms with E-state index >= 15 is 0 Å². The van der Waals surface area contributed by atoms with Crippen molar-refractivity contribution in [2.45, 2.75) is 12.8 Å². The topological polar surface area (TPSA) is 167 Å². The predicted molar refractivity (Wildman–Crippen MR) is 94.6 cm³/mol. The molecule has 28 heavy (non-hydrogen) atoms. The molecule has 10 heteroatoms. The number of nitrogens with zero attached hydrogens (tertiary/aromatic N) is 2. The van der Waals surface area contributed by atoms with Crippen LogP contribution in [0.2, 0.25) is 0 Å². The van der Waals surface area contributed by atoms with Crippen molar-refractivity contribution in [2.75, 3.05) is 0 Å². The largest absolute Gasteiger partial charge is 0.493 e. The van der Waals surface area contributed by atoms with Gasteiger partial charge in [-0.15, -0.1) is 0 Å². The van der Waals surface area contributed by atoms with Crippen LogP contribution in [0, 0.1) is 0 Å². The summed E-state index contributed by atoms with van der Waals surface area (Å²) in [5.41, 5.74) is -0.818. The molecule has 0 fully saturated rings. The van der Waals surface area contributed by atoms with Crippen LogP contribution >= 0.6 is 0 Å². The van der Waals surface area contributed by atoms with Gasteiger partial charge in [0.25, 0.3) is 0 Å². The smallest absolute Gasteiger partial charge is 0.229 e. The van der Waals surface area contributed by atoms with Crippen molar-refractivity contribution >= 4 is 21.9 Å². The van der Waals surface area contributed by atoms with Crippen LogP contribution in [0.3, 0.4) is 0 Å². The third-order valence-electron chi connectivity index (χ3n) is 4.26. The standard InChI is InChI=1S/C18H12N2O8/c21-11-3-9-13(17(25)19-11)15(23)7(5-27-9)1-2-8-6-28-10-4-12(22)20-18(26)14(10)16(8)24/h3-6H,1-2H2,(H2,19,21,25)(H2,20,22,26). The van der Waals surface area contributed by atoms with Crippen LogP contribution < -0.4 is 10.9 Å². The lowest BCUT2D eigenvalue weighted by Gasteiger charge is -2.05. The summed E-state index contributed by atoms with van der Waals surface area (Å²) in [5.74, 6) is -2.30. The van der Waals surface area contributed by atoms with E-state index in [1.54, 1.807) is 0 Å². The van der Waals surface area contributed by atoms with E-state index in [0.717, 1.165) is 12.1 Å². The number of pyridine rings is 2. The average Bonchev–Trinajstić information content (AvgIpc) is 2.61. The molecule has 0 aliphatic heterocycles. The van der Waals surface area contributed by atoms with Crippen LogP contribution in [-0.4, -0.2) is 30.4 Å². The van der Waals surface area contributed by atoms with E-state index in [-0.39, 0.29) is 45.9 Å². The fourth-order valence-electron chi connectivity index (χ4n) is 2.92. The fraction of sp³-hybridized carbons (Fsp3) is 0.111. The van der Waals surface area contributed by atoms with Gasteiger partial charge in [-0.2, -0.15) is 9.97 Å². The van der Waals surface area contributed by atoms with E-state index in [1.807, 2.05) is 0 Å². The summed E-state index contributed by atoms with van der Waals surface area (Å²) in [5, 5.41) is 38.0. The first-order valence-corrected chi connectivity index (χ1v) is 8.02. The molecule has 0 spiro atoms. The molecule has 0 saturated heterocycles. The molecule has 0 amide bonds. The second-order valence-corrected chi connectivity index (χ2v) is 6.03. The molecule has 0 unspecified atom stereocenters. The predicted octanol–water partition coefficient (Wildman–Crippen LogP) is 1.30. The summed E-state index contributed by atoms with van der Waals surface area (Å²) >= 11 is 0. The number of aromatic nitrogens is 2. The molecule has 4 heterocycles. The first-order chi connectivity index (χ1) is 13.3. The van der Waals surface area contributed by atoms with Crippen LogP contribution in [0.4, 0.5) is 0 Å². The van der Waals surface area contributed by atoms with Crippen LogP contribution in [0.15, 0.2) is 43.1 Å². The molecule has 0 aliphatic rings. The molecule has 4 rings (SSSR count). The zero-order valence-corrected chi connectivity index (χ0v) is 14.0. The molecule has 10 nitrogen and oxygen atoms in total. The maximum Gasteiger partial charge on any atom is 0.229 e. The zero-order valence-electron chi connectivity index (χ0n) is 14.0. The monoisotopic (exact) mass is 384 g/mol. The van der Waals surface area contributed by atoms with Crippen LogP contribution in [0.1, 0.15) is 11.1 Å². The quantitative estimate of drug-likeness (QED) is 0.404. The first-order valence-electron chi connectivity index (χ1n) is 8.02. The van der Waals surface area contributed by atoms with Crippen molar-refractivity contribution in [3.05, 3.63) is 56.2 Å². The van der Waals surface area contributed by atoms with Crippen molar-refractivity contribution in [1.82, 2.24) is 9.97 Å². The summed E-state index contributed by atoms with van der Waals surface area (Å²) in [6.45, 7) is 0. The Balaban J connectivity index is 1.72. The van der Waals surface area contributed by atoms with Gasteiger partial charge in [-0.25, -0.2) is 0 Å². The van der Waals surface area contributed by atoms with Gasteiger partial charge in [0.2, 0.25) is 34.4 Å². The Morgan fingerprint density at radius 1 is 0.714 bits per heavy atom. The normalized spacial score (nSPS) is 11.3. The zero-order chi connectivity index (χ0) is 20.0. The van der Waals surface area contributed by atoms with Gasteiger partial charge < -0.3 is 29.3 Å². The third-order valence-corrected chi connectivity index (χ3v) is 4.26. The number of aryl methyl sites for hydroxylation is 2. The maximum absolute atomic E-state index is 12.5. The fourth-order valence-corrected chi connectivity index (χ4v) is 2.92. The van der Waals surface area contributed by atoms with Gasteiger partial charge in [-0.05, 0) is 12.8 Å². The van der Waals surface area contributed by atoms with Gasteiger partial charge in [0.05, 0.1) is 12.5 Å².